The van der Waals surface area contributed by atoms with E-state index in [4.69, 9.17) is 4.74 Å². The smallest absolute Gasteiger partial charge is 0.225 e. The van der Waals surface area contributed by atoms with Crippen molar-refractivity contribution in [1.82, 2.24) is 9.97 Å². The van der Waals surface area contributed by atoms with Gasteiger partial charge in [0.25, 0.3) is 0 Å². The van der Waals surface area contributed by atoms with Crippen LogP contribution in [0.2, 0.25) is 0 Å². The predicted octanol–water partition coefficient (Wildman–Crippen LogP) is 2.65. The van der Waals surface area contributed by atoms with Gasteiger partial charge >= 0.3 is 0 Å². The molecule has 2 fully saturated rings. The highest BCUT2D eigenvalue weighted by molar-refractivity contribution is 5.34. The van der Waals surface area contributed by atoms with Crippen LogP contribution in [0.25, 0.3) is 0 Å². The van der Waals surface area contributed by atoms with E-state index in [1.165, 1.54) is 25.7 Å². The maximum Gasteiger partial charge on any atom is 0.225 e. The summed E-state index contributed by atoms with van der Waals surface area (Å²) >= 11 is 0. The van der Waals surface area contributed by atoms with Gasteiger partial charge in [0.15, 0.2) is 0 Å². The van der Waals surface area contributed by atoms with Crippen LogP contribution >= 0.6 is 0 Å². The minimum absolute atomic E-state index is 0.351. The summed E-state index contributed by atoms with van der Waals surface area (Å²) in [6, 6.07) is 2.40. The third-order valence-corrected chi connectivity index (χ3v) is 4.98. The van der Waals surface area contributed by atoms with E-state index in [9.17, 15) is 0 Å². The number of hydrogen-bond donors (Lipinski definition) is 0. The first-order chi connectivity index (χ1) is 9.28. The lowest BCUT2D eigenvalue weighted by Gasteiger charge is -2.56. The Balaban J connectivity index is 1.78. The number of aromatic nitrogens is 2. The summed E-state index contributed by atoms with van der Waals surface area (Å²) in [7, 11) is 2.13. The number of rotatable bonds is 4. The largest absolute Gasteiger partial charge is 0.378 e. The topological polar surface area (TPSA) is 38.2 Å². The lowest BCUT2D eigenvalue weighted by molar-refractivity contribution is -0.121. The standard InChI is InChI=1S/C15H23N3O/c1-3-19-13-11-12(15(13)7-4-5-8-15)18(2)14-16-9-6-10-17-14/h6,9-10,12-13H,3-5,7-8,11H2,1-2H3. The van der Waals surface area contributed by atoms with Gasteiger partial charge in [-0.05, 0) is 32.3 Å². The average molecular weight is 261 g/mol. The summed E-state index contributed by atoms with van der Waals surface area (Å²) in [5.74, 6) is 0.841. The predicted molar refractivity (Wildman–Crippen MR) is 75.2 cm³/mol. The monoisotopic (exact) mass is 261 g/mol. The molecule has 3 rings (SSSR count). The summed E-state index contributed by atoms with van der Waals surface area (Å²) in [6.07, 6.45) is 10.4. The zero-order valence-corrected chi connectivity index (χ0v) is 11.9. The first-order valence-corrected chi connectivity index (χ1v) is 7.39. The second-order valence-electron chi connectivity index (χ2n) is 5.80. The molecule has 0 radical (unpaired) electrons. The molecule has 19 heavy (non-hydrogen) atoms. The lowest BCUT2D eigenvalue weighted by atomic mass is 9.60. The van der Waals surface area contributed by atoms with Crippen LogP contribution in [0.15, 0.2) is 18.5 Å². The molecule has 4 nitrogen and oxygen atoms in total. The molecule has 1 spiro atoms. The van der Waals surface area contributed by atoms with Gasteiger partial charge in [-0.15, -0.1) is 0 Å². The third kappa shape index (κ3) is 2.02. The Morgan fingerprint density at radius 1 is 1.32 bits per heavy atom. The second-order valence-corrected chi connectivity index (χ2v) is 5.80. The Morgan fingerprint density at radius 2 is 2.00 bits per heavy atom. The first-order valence-electron chi connectivity index (χ1n) is 7.39. The van der Waals surface area contributed by atoms with Crippen molar-refractivity contribution in [2.45, 2.75) is 51.2 Å². The van der Waals surface area contributed by atoms with Crippen LogP contribution < -0.4 is 4.90 Å². The molecule has 0 aromatic carbocycles. The first kappa shape index (κ1) is 12.9. The van der Waals surface area contributed by atoms with Crippen molar-refractivity contribution in [3.8, 4) is 0 Å². The van der Waals surface area contributed by atoms with E-state index in [1.807, 2.05) is 18.5 Å². The van der Waals surface area contributed by atoms with Gasteiger partial charge in [-0.1, -0.05) is 12.8 Å². The van der Waals surface area contributed by atoms with Crippen molar-refractivity contribution >= 4 is 5.95 Å². The zero-order chi connectivity index (χ0) is 13.3. The molecule has 1 heterocycles. The SMILES string of the molecule is CCOC1CC(N(C)c2ncccn2)C12CCCC2. The fraction of sp³-hybridized carbons (Fsp3) is 0.733. The van der Waals surface area contributed by atoms with Crippen molar-refractivity contribution in [3.05, 3.63) is 18.5 Å². The van der Waals surface area contributed by atoms with Crippen molar-refractivity contribution < 1.29 is 4.74 Å². The van der Waals surface area contributed by atoms with Crippen LogP contribution in [0, 0.1) is 5.41 Å². The molecule has 2 aliphatic carbocycles. The number of ether oxygens (including phenoxy) is 1. The molecule has 0 amide bonds. The van der Waals surface area contributed by atoms with E-state index in [1.54, 1.807) is 0 Å². The van der Waals surface area contributed by atoms with Gasteiger partial charge in [-0.25, -0.2) is 9.97 Å². The Hall–Kier alpha value is -1.16. The lowest BCUT2D eigenvalue weighted by Crippen LogP contribution is -2.63. The molecule has 2 atom stereocenters. The Labute approximate surface area is 115 Å². The number of anilines is 1. The highest BCUT2D eigenvalue weighted by Crippen LogP contribution is 2.56. The van der Waals surface area contributed by atoms with Crippen molar-refractivity contribution in [2.75, 3.05) is 18.6 Å². The molecule has 0 N–H and O–H groups in total. The fourth-order valence-electron chi connectivity index (χ4n) is 4.01. The highest BCUT2D eigenvalue weighted by atomic mass is 16.5. The summed E-state index contributed by atoms with van der Waals surface area (Å²) in [5.41, 5.74) is 0.351. The molecular formula is C15H23N3O. The van der Waals surface area contributed by atoms with Gasteiger partial charge in [0.1, 0.15) is 0 Å². The van der Waals surface area contributed by atoms with Crippen LogP contribution in [0.4, 0.5) is 5.95 Å². The minimum atomic E-state index is 0.351. The summed E-state index contributed by atoms with van der Waals surface area (Å²) in [6.45, 7) is 2.92. The molecule has 4 heteroatoms. The Bertz CT molecular complexity index is 417. The van der Waals surface area contributed by atoms with Gasteiger partial charge in [0, 0.05) is 37.5 Å². The van der Waals surface area contributed by atoms with Gasteiger partial charge in [0.05, 0.1) is 6.10 Å². The molecule has 104 valence electrons. The van der Waals surface area contributed by atoms with E-state index >= 15 is 0 Å². The molecule has 2 aliphatic rings. The van der Waals surface area contributed by atoms with Crippen molar-refractivity contribution in [3.63, 3.8) is 0 Å². The van der Waals surface area contributed by atoms with Crippen LogP contribution in [0.5, 0.6) is 0 Å². The van der Waals surface area contributed by atoms with Gasteiger partial charge < -0.3 is 9.64 Å². The number of nitrogens with zero attached hydrogens (tertiary/aromatic N) is 3. The van der Waals surface area contributed by atoms with E-state index in [0.717, 1.165) is 19.0 Å². The van der Waals surface area contributed by atoms with E-state index in [-0.39, 0.29) is 0 Å². The van der Waals surface area contributed by atoms with Gasteiger partial charge in [0.2, 0.25) is 5.95 Å². The Kier molecular flexibility index (Phi) is 3.44. The Morgan fingerprint density at radius 3 is 2.63 bits per heavy atom. The molecule has 0 aliphatic heterocycles. The molecule has 0 bridgehead atoms. The van der Waals surface area contributed by atoms with Crippen LogP contribution in [0.1, 0.15) is 39.0 Å². The van der Waals surface area contributed by atoms with Crippen molar-refractivity contribution in [2.24, 2.45) is 5.41 Å². The quantitative estimate of drug-likeness (QED) is 0.835. The van der Waals surface area contributed by atoms with Crippen molar-refractivity contribution in [1.29, 1.82) is 0 Å². The second kappa shape index (κ2) is 5.08. The van der Waals surface area contributed by atoms with Crippen LogP contribution in [0.3, 0.4) is 0 Å². The van der Waals surface area contributed by atoms with Gasteiger partial charge in [-0.2, -0.15) is 0 Å². The molecule has 1 aromatic heterocycles. The fourth-order valence-corrected chi connectivity index (χ4v) is 4.01. The zero-order valence-electron chi connectivity index (χ0n) is 11.9. The van der Waals surface area contributed by atoms with Gasteiger partial charge in [-0.3, -0.25) is 0 Å². The highest BCUT2D eigenvalue weighted by Gasteiger charge is 2.58. The van der Waals surface area contributed by atoms with Crippen LogP contribution in [-0.2, 0) is 4.74 Å². The van der Waals surface area contributed by atoms with E-state index in [0.29, 0.717) is 17.6 Å². The van der Waals surface area contributed by atoms with Crippen LogP contribution in [-0.4, -0.2) is 35.8 Å². The molecule has 0 saturated heterocycles. The third-order valence-electron chi connectivity index (χ3n) is 4.98. The van der Waals surface area contributed by atoms with E-state index in [2.05, 4.69) is 28.8 Å². The summed E-state index contributed by atoms with van der Waals surface area (Å²) in [5, 5.41) is 0. The average Bonchev–Trinajstić information content (AvgIpc) is 2.96. The minimum Gasteiger partial charge on any atom is -0.378 e. The summed E-state index contributed by atoms with van der Waals surface area (Å²) < 4.78 is 5.96. The maximum atomic E-state index is 5.96. The molecule has 1 aromatic rings. The normalized spacial score (nSPS) is 28.3. The summed E-state index contributed by atoms with van der Waals surface area (Å²) in [4.78, 5) is 11.0. The van der Waals surface area contributed by atoms with E-state index < -0.39 is 0 Å². The molecular weight excluding hydrogens is 238 g/mol. The molecule has 2 unspecified atom stereocenters. The number of hydrogen-bond acceptors (Lipinski definition) is 4. The molecule has 2 saturated carbocycles. The maximum absolute atomic E-state index is 5.96.